The molecular formula is C25H41NO3. The van der Waals surface area contributed by atoms with E-state index in [0.29, 0.717) is 17.9 Å². The molecule has 0 atom stereocenters. The third-order valence-electron chi connectivity index (χ3n) is 5.64. The summed E-state index contributed by atoms with van der Waals surface area (Å²) in [5.74, 6) is 0.642. The second-order valence-corrected chi connectivity index (χ2v) is 8.43. The minimum Gasteiger partial charge on any atom is -0.379 e. The van der Waals surface area contributed by atoms with E-state index in [0.717, 1.165) is 12.0 Å². The predicted octanol–water partition coefficient (Wildman–Crippen LogP) is 7.20. The Balaban J connectivity index is 1.39. The van der Waals surface area contributed by atoms with Crippen molar-refractivity contribution in [3.05, 3.63) is 29.3 Å². The van der Waals surface area contributed by atoms with Gasteiger partial charge in [-0.2, -0.15) is 0 Å². The first-order chi connectivity index (χ1) is 14.2. The SMILES string of the molecule is CCCCCCCCCCCCCCCCON1CC(=O)c2cc(C)ccc2O1. The van der Waals surface area contributed by atoms with Crippen LogP contribution in [0.4, 0.5) is 0 Å². The minimum atomic E-state index is 0.0518. The Morgan fingerprint density at radius 2 is 1.41 bits per heavy atom. The molecule has 0 fully saturated rings. The quantitative estimate of drug-likeness (QED) is 0.274. The van der Waals surface area contributed by atoms with E-state index in [1.54, 1.807) is 0 Å². The van der Waals surface area contributed by atoms with Crippen molar-refractivity contribution in [3.63, 3.8) is 0 Å². The van der Waals surface area contributed by atoms with Crippen molar-refractivity contribution in [2.24, 2.45) is 0 Å². The Bertz CT molecular complexity index is 587. The van der Waals surface area contributed by atoms with Gasteiger partial charge in [-0.25, -0.2) is 0 Å². The molecule has 0 spiro atoms. The fourth-order valence-corrected chi connectivity index (χ4v) is 3.82. The number of carbonyl (C=O) groups is 1. The topological polar surface area (TPSA) is 38.8 Å². The lowest BCUT2D eigenvalue weighted by Crippen LogP contribution is -2.37. The van der Waals surface area contributed by atoms with E-state index >= 15 is 0 Å². The van der Waals surface area contributed by atoms with Crippen LogP contribution >= 0.6 is 0 Å². The molecule has 4 heteroatoms. The Kier molecular flexibility index (Phi) is 12.0. The fraction of sp³-hybridized carbons (Fsp3) is 0.720. The lowest BCUT2D eigenvalue weighted by molar-refractivity contribution is -0.313. The normalized spacial score (nSPS) is 14.1. The van der Waals surface area contributed by atoms with Crippen LogP contribution in [-0.4, -0.2) is 24.2 Å². The molecule has 0 aliphatic carbocycles. The van der Waals surface area contributed by atoms with E-state index in [-0.39, 0.29) is 12.3 Å². The van der Waals surface area contributed by atoms with Crippen LogP contribution in [-0.2, 0) is 4.84 Å². The highest BCUT2D eigenvalue weighted by atomic mass is 16.9. The van der Waals surface area contributed by atoms with Gasteiger partial charge in [0.15, 0.2) is 11.5 Å². The molecule has 164 valence electrons. The first kappa shape index (κ1) is 23.9. The summed E-state index contributed by atoms with van der Waals surface area (Å²) in [7, 11) is 0. The number of hydroxylamine groups is 2. The number of carbonyl (C=O) groups excluding carboxylic acids is 1. The van der Waals surface area contributed by atoms with E-state index in [1.165, 1.54) is 88.7 Å². The molecule has 1 aliphatic rings. The van der Waals surface area contributed by atoms with Crippen LogP contribution in [0.2, 0.25) is 0 Å². The number of aryl methyl sites for hydroxylation is 1. The smallest absolute Gasteiger partial charge is 0.186 e. The monoisotopic (exact) mass is 403 g/mol. The average Bonchev–Trinajstić information content (AvgIpc) is 2.71. The van der Waals surface area contributed by atoms with Crippen LogP contribution < -0.4 is 4.84 Å². The molecule has 1 aliphatic heterocycles. The van der Waals surface area contributed by atoms with Gasteiger partial charge < -0.3 is 4.84 Å². The van der Waals surface area contributed by atoms with Gasteiger partial charge in [-0.05, 0) is 30.7 Å². The highest BCUT2D eigenvalue weighted by Gasteiger charge is 2.25. The van der Waals surface area contributed by atoms with Crippen LogP contribution in [0.3, 0.4) is 0 Å². The van der Waals surface area contributed by atoms with Crippen LogP contribution in [0.25, 0.3) is 0 Å². The molecule has 0 saturated carbocycles. The molecule has 0 unspecified atom stereocenters. The van der Waals surface area contributed by atoms with Crippen molar-refractivity contribution < 1.29 is 14.5 Å². The molecule has 2 rings (SSSR count). The standard InChI is InChI=1S/C25H41NO3/c1-3-4-5-6-7-8-9-10-11-12-13-14-15-16-19-28-26-21-24(27)23-20-22(2)17-18-25(23)29-26/h17-18,20H,3-16,19,21H2,1-2H3. The largest absolute Gasteiger partial charge is 0.379 e. The van der Waals surface area contributed by atoms with E-state index in [9.17, 15) is 4.79 Å². The molecule has 29 heavy (non-hydrogen) atoms. The van der Waals surface area contributed by atoms with E-state index in [2.05, 4.69) is 6.92 Å². The highest BCUT2D eigenvalue weighted by molar-refractivity contribution is 6.00. The minimum absolute atomic E-state index is 0.0518. The van der Waals surface area contributed by atoms with Crippen molar-refractivity contribution in [2.75, 3.05) is 13.2 Å². The van der Waals surface area contributed by atoms with Crippen molar-refractivity contribution >= 4 is 5.78 Å². The molecule has 0 aromatic heterocycles. The number of hydrogen-bond donors (Lipinski definition) is 0. The van der Waals surface area contributed by atoms with Crippen LogP contribution in [0.15, 0.2) is 18.2 Å². The van der Waals surface area contributed by atoms with Gasteiger partial charge in [0.25, 0.3) is 0 Å². The number of Topliss-reactive ketones (excluding diaryl/α,β-unsaturated/α-hetero) is 1. The lowest BCUT2D eigenvalue weighted by Gasteiger charge is -2.26. The second-order valence-electron chi connectivity index (χ2n) is 8.43. The molecule has 0 amide bonds. The van der Waals surface area contributed by atoms with Crippen molar-refractivity contribution in [2.45, 2.75) is 104 Å². The Labute approximate surface area is 177 Å². The first-order valence-corrected chi connectivity index (χ1v) is 11.9. The maximum absolute atomic E-state index is 12.2. The third kappa shape index (κ3) is 9.77. The molecule has 0 saturated heterocycles. The lowest BCUT2D eigenvalue weighted by atomic mass is 10.0. The number of unbranched alkanes of at least 4 members (excludes halogenated alkanes) is 13. The molecule has 0 bridgehead atoms. The highest BCUT2D eigenvalue weighted by Crippen LogP contribution is 2.25. The van der Waals surface area contributed by atoms with Crippen LogP contribution in [0.5, 0.6) is 5.75 Å². The maximum atomic E-state index is 12.2. The van der Waals surface area contributed by atoms with E-state index in [1.807, 2.05) is 25.1 Å². The summed E-state index contributed by atoms with van der Waals surface area (Å²) in [6, 6.07) is 5.66. The molecule has 4 nitrogen and oxygen atoms in total. The van der Waals surface area contributed by atoms with E-state index < -0.39 is 0 Å². The summed E-state index contributed by atoms with van der Waals surface area (Å²) >= 11 is 0. The van der Waals surface area contributed by atoms with Crippen LogP contribution in [0, 0.1) is 6.92 Å². The number of nitrogens with zero attached hydrogens (tertiary/aromatic N) is 1. The van der Waals surface area contributed by atoms with Gasteiger partial charge >= 0.3 is 0 Å². The van der Waals surface area contributed by atoms with Gasteiger partial charge in [-0.1, -0.05) is 102 Å². The van der Waals surface area contributed by atoms with Crippen molar-refractivity contribution in [3.8, 4) is 5.75 Å². The first-order valence-electron chi connectivity index (χ1n) is 11.9. The molecular weight excluding hydrogens is 362 g/mol. The van der Waals surface area contributed by atoms with Crippen LogP contribution in [0.1, 0.15) is 113 Å². The Morgan fingerprint density at radius 1 is 0.862 bits per heavy atom. The molecule has 1 aromatic carbocycles. The zero-order chi connectivity index (χ0) is 20.7. The number of fused-ring (bicyclic) bond motifs is 1. The van der Waals surface area contributed by atoms with Gasteiger partial charge in [-0.15, -0.1) is 0 Å². The van der Waals surface area contributed by atoms with E-state index in [4.69, 9.17) is 9.68 Å². The Hall–Kier alpha value is -1.39. The molecule has 1 heterocycles. The summed E-state index contributed by atoms with van der Waals surface area (Å²) in [6.07, 6.45) is 18.8. The molecule has 1 aromatic rings. The predicted molar refractivity (Wildman–Crippen MR) is 119 cm³/mol. The Morgan fingerprint density at radius 3 is 2.00 bits per heavy atom. The molecule has 0 N–H and O–H groups in total. The van der Waals surface area contributed by atoms with Gasteiger partial charge in [0.05, 0.1) is 12.2 Å². The van der Waals surface area contributed by atoms with Gasteiger partial charge in [-0.3, -0.25) is 9.63 Å². The fourth-order valence-electron chi connectivity index (χ4n) is 3.82. The third-order valence-corrected chi connectivity index (χ3v) is 5.64. The number of rotatable bonds is 16. The summed E-state index contributed by atoms with van der Waals surface area (Å²) in [4.78, 5) is 23.5. The van der Waals surface area contributed by atoms with Gasteiger partial charge in [0, 0.05) is 0 Å². The van der Waals surface area contributed by atoms with Gasteiger partial charge in [0.2, 0.25) is 0 Å². The number of ketones is 1. The summed E-state index contributed by atoms with van der Waals surface area (Å²) < 4.78 is 0. The number of hydrogen-bond acceptors (Lipinski definition) is 4. The maximum Gasteiger partial charge on any atom is 0.186 e. The number of benzene rings is 1. The molecule has 0 radical (unpaired) electrons. The zero-order valence-electron chi connectivity index (χ0n) is 18.7. The second kappa shape index (κ2) is 14.6. The summed E-state index contributed by atoms with van der Waals surface area (Å²) in [5, 5.41) is 1.34. The summed E-state index contributed by atoms with van der Waals surface area (Å²) in [6.45, 7) is 5.02. The van der Waals surface area contributed by atoms with Crippen molar-refractivity contribution in [1.82, 2.24) is 5.23 Å². The van der Waals surface area contributed by atoms with Crippen molar-refractivity contribution in [1.29, 1.82) is 0 Å². The zero-order valence-corrected chi connectivity index (χ0v) is 18.7. The average molecular weight is 404 g/mol. The summed E-state index contributed by atoms with van der Waals surface area (Å²) in [5.41, 5.74) is 1.72. The van der Waals surface area contributed by atoms with Gasteiger partial charge in [0.1, 0.15) is 6.54 Å².